The molecule has 0 spiro atoms. The van der Waals surface area contributed by atoms with E-state index in [9.17, 15) is 18.0 Å². The van der Waals surface area contributed by atoms with Gasteiger partial charge < -0.3 is 33.5 Å². The smallest absolute Gasteiger partial charge is 0.254 e. The van der Waals surface area contributed by atoms with E-state index in [1.54, 1.807) is 35.3 Å². The molecule has 1 unspecified atom stereocenters. The molecule has 1 atom stereocenters. The molecule has 2 aromatic carbocycles. The molecule has 210 valence electrons. The highest BCUT2D eigenvalue weighted by Crippen LogP contribution is 2.39. The standard InChI is InChI=1S/C27H32N2O9S/c1-34-19-13-17-7-6-8-23(39(32,33)24(17)16-20(19)35-2)27(31)29-11-9-28(10-12-29)26(30)18-14-21(36-3)25(38-5)22(15-18)37-4/h6-7,13-16,23H,8-12H2,1-5H3. The fourth-order valence-electron chi connectivity index (χ4n) is 4.81. The molecule has 0 radical (unpaired) electrons. The molecule has 0 N–H and O–H groups in total. The summed E-state index contributed by atoms with van der Waals surface area (Å²) in [5.41, 5.74) is 0.783. The van der Waals surface area contributed by atoms with Gasteiger partial charge in [0.2, 0.25) is 11.7 Å². The number of hydrogen-bond acceptors (Lipinski definition) is 9. The predicted octanol–water partition coefficient (Wildman–Crippen LogP) is 2.27. The van der Waals surface area contributed by atoms with Gasteiger partial charge in [-0.15, -0.1) is 0 Å². The van der Waals surface area contributed by atoms with Gasteiger partial charge >= 0.3 is 0 Å². The molecule has 2 aliphatic rings. The highest BCUT2D eigenvalue weighted by Gasteiger charge is 2.40. The Hall–Kier alpha value is -3.93. The molecule has 4 rings (SSSR count). The van der Waals surface area contributed by atoms with Crippen LogP contribution in [0.2, 0.25) is 0 Å². The second-order valence-electron chi connectivity index (χ2n) is 8.95. The van der Waals surface area contributed by atoms with Crippen LogP contribution in [-0.2, 0) is 14.6 Å². The molecule has 11 nitrogen and oxygen atoms in total. The molecule has 2 amide bonds. The maximum absolute atomic E-state index is 13.6. The number of benzene rings is 2. The van der Waals surface area contributed by atoms with Gasteiger partial charge in [-0.05, 0) is 30.2 Å². The predicted molar refractivity (Wildman–Crippen MR) is 143 cm³/mol. The van der Waals surface area contributed by atoms with Gasteiger partial charge in [0.15, 0.2) is 32.8 Å². The molecule has 12 heteroatoms. The Bertz CT molecular complexity index is 1370. The SMILES string of the molecule is COc1cc2c(cc1OC)S(=O)(=O)C(C(=O)N1CCN(C(=O)c3cc(OC)c(OC)c(OC)c3)CC1)CC=C2. The van der Waals surface area contributed by atoms with Crippen LogP contribution in [-0.4, -0.2) is 97.0 Å². The fraction of sp³-hybridized carbons (Fsp3) is 0.407. The zero-order valence-corrected chi connectivity index (χ0v) is 23.4. The van der Waals surface area contributed by atoms with E-state index in [0.717, 1.165) is 0 Å². The Labute approximate surface area is 227 Å². The Kier molecular flexibility index (Phi) is 8.24. The van der Waals surface area contributed by atoms with Crippen molar-refractivity contribution in [1.82, 2.24) is 9.80 Å². The average molecular weight is 561 g/mol. The number of amides is 2. The van der Waals surface area contributed by atoms with Crippen molar-refractivity contribution >= 4 is 27.7 Å². The number of sulfone groups is 1. The number of fused-ring (bicyclic) bond motifs is 1. The van der Waals surface area contributed by atoms with Crippen molar-refractivity contribution in [2.24, 2.45) is 0 Å². The van der Waals surface area contributed by atoms with Crippen molar-refractivity contribution in [2.75, 3.05) is 61.7 Å². The van der Waals surface area contributed by atoms with E-state index in [-0.39, 0.29) is 49.2 Å². The first-order valence-corrected chi connectivity index (χ1v) is 13.8. The minimum Gasteiger partial charge on any atom is -0.493 e. The van der Waals surface area contributed by atoms with Crippen LogP contribution in [0, 0.1) is 0 Å². The second kappa shape index (κ2) is 11.4. The van der Waals surface area contributed by atoms with Crippen molar-refractivity contribution in [3.05, 3.63) is 41.5 Å². The van der Waals surface area contributed by atoms with Gasteiger partial charge in [0.05, 0.1) is 40.4 Å². The monoisotopic (exact) mass is 560 g/mol. The van der Waals surface area contributed by atoms with Crippen LogP contribution in [0.25, 0.3) is 6.08 Å². The van der Waals surface area contributed by atoms with Crippen molar-refractivity contribution < 1.29 is 41.7 Å². The molecule has 0 saturated carbocycles. The molecule has 2 heterocycles. The quantitative estimate of drug-likeness (QED) is 0.502. The number of piperazine rings is 1. The maximum atomic E-state index is 13.6. The number of rotatable bonds is 7. The number of carbonyl (C=O) groups is 2. The number of ether oxygens (including phenoxy) is 5. The molecule has 39 heavy (non-hydrogen) atoms. The molecular weight excluding hydrogens is 528 g/mol. The summed E-state index contributed by atoms with van der Waals surface area (Å²) < 4.78 is 53.9. The van der Waals surface area contributed by atoms with Gasteiger partial charge in [-0.25, -0.2) is 8.42 Å². The highest BCUT2D eigenvalue weighted by molar-refractivity contribution is 7.93. The molecule has 0 aliphatic carbocycles. The summed E-state index contributed by atoms with van der Waals surface area (Å²) >= 11 is 0. The molecule has 0 bridgehead atoms. The van der Waals surface area contributed by atoms with Gasteiger partial charge in [0.25, 0.3) is 5.91 Å². The summed E-state index contributed by atoms with van der Waals surface area (Å²) in [5, 5.41) is -1.29. The van der Waals surface area contributed by atoms with E-state index in [1.807, 2.05) is 0 Å². The van der Waals surface area contributed by atoms with Crippen LogP contribution in [0.15, 0.2) is 35.2 Å². The highest BCUT2D eigenvalue weighted by atomic mass is 32.2. The van der Waals surface area contributed by atoms with E-state index in [0.29, 0.717) is 34.1 Å². The lowest BCUT2D eigenvalue weighted by molar-refractivity contribution is -0.132. The van der Waals surface area contributed by atoms with Gasteiger partial charge in [-0.1, -0.05) is 12.2 Å². The Morgan fingerprint density at radius 1 is 0.744 bits per heavy atom. The lowest BCUT2D eigenvalue weighted by atomic mass is 10.1. The number of hydrogen-bond donors (Lipinski definition) is 0. The van der Waals surface area contributed by atoms with Crippen LogP contribution in [0.5, 0.6) is 28.7 Å². The van der Waals surface area contributed by atoms with Gasteiger partial charge in [0, 0.05) is 37.8 Å². The van der Waals surface area contributed by atoms with Gasteiger partial charge in [0.1, 0.15) is 5.25 Å². The summed E-state index contributed by atoms with van der Waals surface area (Å²) in [6.45, 7) is 0.879. The third kappa shape index (κ3) is 5.20. The second-order valence-corrected chi connectivity index (χ2v) is 11.0. The lowest BCUT2D eigenvalue weighted by Crippen LogP contribution is -2.53. The number of nitrogens with zero attached hydrogens (tertiary/aromatic N) is 2. The normalized spacial score (nSPS) is 18.0. The van der Waals surface area contributed by atoms with Crippen molar-refractivity contribution in [2.45, 2.75) is 16.6 Å². The van der Waals surface area contributed by atoms with E-state index in [1.165, 1.54) is 46.5 Å². The lowest BCUT2D eigenvalue weighted by Gasteiger charge is -2.36. The number of allylic oxidation sites excluding steroid dienone is 1. The molecule has 1 saturated heterocycles. The summed E-state index contributed by atoms with van der Waals surface area (Å²) in [6, 6.07) is 6.13. The van der Waals surface area contributed by atoms with Crippen LogP contribution in [0.4, 0.5) is 0 Å². The van der Waals surface area contributed by atoms with E-state index >= 15 is 0 Å². The summed E-state index contributed by atoms with van der Waals surface area (Å²) in [4.78, 5) is 29.9. The third-order valence-electron chi connectivity index (χ3n) is 6.91. The molecule has 0 aromatic heterocycles. The first kappa shape index (κ1) is 28.1. The first-order chi connectivity index (χ1) is 18.7. The fourth-order valence-corrected chi connectivity index (χ4v) is 6.62. The molecule has 2 aromatic rings. The summed E-state index contributed by atoms with van der Waals surface area (Å²) in [7, 11) is 3.28. The Morgan fingerprint density at radius 2 is 1.28 bits per heavy atom. The van der Waals surface area contributed by atoms with E-state index in [2.05, 4.69) is 0 Å². The van der Waals surface area contributed by atoms with E-state index < -0.39 is 21.0 Å². The minimum absolute atomic E-state index is 0.0171. The van der Waals surface area contributed by atoms with Crippen LogP contribution in [0.1, 0.15) is 22.3 Å². The average Bonchev–Trinajstić information content (AvgIpc) is 3.09. The zero-order valence-electron chi connectivity index (χ0n) is 22.6. The van der Waals surface area contributed by atoms with Crippen LogP contribution >= 0.6 is 0 Å². The Balaban J connectivity index is 1.51. The zero-order chi connectivity index (χ0) is 28.3. The first-order valence-electron chi connectivity index (χ1n) is 12.2. The van der Waals surface area contributed by atoms with Crippen molar-refractivity contribution in [3.8, 4) is 28.7 Å². The maximum Gasteiger partial charge on any atom is 0.254 e. The molecule has 1 fully saturated rings. The van der Waals surface area contributed by atoms with Crippen molar-refractivity contribution in [1.29, 1.82) is 0 Å². The van der Waals surface area contributed by atoms with Crippen molar-refractivity contribution in [3.63, 3.8) is 0 Å². The Morgan fingerprint density at radius 3 is 1.82 bits per heavy atom. The number of carbonyl (C=O) groups excluding carboxylic acids is 2. The van der Waals surface area contributed by atoms with Crippen LogP contribution < -0.4 is 23.7 Å². The van der Waals surface area contributed by atoms with Gasteiger partial charge in [-0.2, -0.15) is 0 Å². The summed E-state index contributed by atoms with van der Waals surface area (Å²) in [5.74, 6) is 0.992. The minimum atomic E-state index is -4.03. The third-order valence-corrected chi connectivity index (χ3v) is 9.02. The van der Waals surface area contributed by atoms with Gasteiger partial charge in [-0.3, -0.25) is 9.59 Å². The van der Waals surface area contributed by atoms with Crippen LogP contribution in [0.3, 0.4) is 0 Å². The molecular formula is C27H32N2O9S. The largest absolute Gasteiger partial charge is 0.493 e. The topological polar surface area (TPSA) is 121 Å². The van der Waals surface area contributed by atoms with E-state index in [4.69, 9.17) is 23.7 Å². The summed E-state index contributed by atoms with van der Waals surface area (Å²) in [6.07, 6.45) is 3.39. The number of methoxy groups -OCH3 is 5. The molecule has 2 aliphatic heterocycles.